The van der Waals surface area contributed by atoms with Gasteiger partial charge >= 0.3 is 0 Å². The van der Waals surface area contributed by atoms with E-state index >= 15 is 0 Å². The molecule has 0 aromatic heterocycles. The molecule has 6 nitrogen and oxygen atoms in total. The van der Waals surface area contributed by atoms with E-state index in [1.165, 1.54) is 36.4 Å². The Kier molecular flexibility index (Phi) is 6.60. The summed E-state index contributed by atoms with van der Waals surface area (Å²) in [5, 5.41) is 37.6. The van der Waals surface area contributed by atoms with Crippen molar-refractivity contribution in [2.24, 2.45) is 0 Å². The molecule has 0 aliphatic heterocycles. The molecule has 2 aromatic rings. The van der Waals surface area contributed by atoms with Gasteiger partial charge in [0.05, 0.1) is 0 Å². The van der Waals surface area contributed by atoms with Crippen LogP contribution in [-0.2, 0) is 0 Å². The number of Topliss-reactive ketones (excluding diaryl/α,β-unsaturated/α-hetero) is 2. The molecule has 0 atom stereocenters. The van der Waals surface area contributed by atoms with Crippen LogP contribution < -0.4 is 0 Å². The van der Waals surface area contributed by atoms with E-state index in [1.54, 1.807) is 0 Å². The molecule has 0 amide bonds. The average Bonchev–Trinajstić information content (AvgIpc) is 2.55. The lowest BCUT2D eigenvalue weighted by Crippen LogP contribution is -2.00. The molecule has 0 bridgehead atoms. The summed E-state index contributed by atoms with van der Waals surface area (Å²) in [7, 11) is 0. The summed E-state index contributed by atoms with van der Waals surface area (Å²) in [6.45, 7) is 0. The van der Waals surface area contributed by atoms with E-state index in [2.05, 4.69) is 0 Å². The third-order valence-corrected chi connectivity index (χ3v) is 4.01. The summed E-state index contributed by atoms with van der Waals surface area (Å²) >= 11 is 0. The van der Waals surface area contributed by atoms with Gasteiger partial charge in [-0.05, 0) is 37.1 Å². The van der Waals surface area contributed by atoms with Crippen molar-refractivity contribution in [1.29, 1.82) is 0 Å². The quantitative estimate of drug-likeness (QED) is 0.399. The monoisotopic (exact) mass is 358 g/mol. The first-order valence-corrected chi connectivity index (χ1v) is 8.47. The van der Waals surface area contributed by atoms with Crippen LogP contribution in [0.15, 0.2) is 36.4 Å². The molecular weight excluding hydrogens is 336 g/mol. The predicted octanol–water partition coefficient (Wildman–Crippen LogP) is 3.92. The van der Waals surface area contributed by atoms with Crippen LogP contribution in [0.25, 0.3) is 0 Å². The van der Waals surface area contributed by atoms with Crippen LogP contribution in [0.5, 0.6) is 23.0 Å². The highest BCUT2D eigenvalue weighted by molar-refractivity contribution is 5.97. The van der Waals surface area contributed by atoms with Gasteiger partial charge in [0, 0.05) is 36.1 Å². The van der Waals surface area contributed by atoms with Crippen LogP contribution in [0.2, 0.25) is 0 Å². The first-order chi connectivity index (χ1) is 12.3. The Balaban J connectivity index is 1.69. The van der Waals surface area contributed by atoms with Crippen LogP contribution in [0, 0.1) is 0 Å². The molecule has 2 rings (SSSR count). The van der Waals surface area contributed by atoms with Crippen molar-refractivity contribution in [3.05, 3.63) is 47.5 Å². The third-order valence-electron chi connectivity index (χ3n) is 4.01. The zero-order valence-electron chi connectivity index (χ0n) is 14.3. The van der Waals surface area contributed by atoms with E-state index in [1.807, 2.05) is 0 Å². The Morgan fingerprint density at radius 3 is 1.15 bits per heavy atom. The summed E-state index contributed by atoms with van der Waals surface area (Å²) in [6.07, 6.45) is 3.45. The van der Waals surface area contributed by atoms with Crippen molar-refractivity contribution in [3.8, 4) is 23.0 Å². The molecule has 0 heterocycles. The summed E-state index contributed by atoms with van der Waals surface area (Å²) in [5.74, 6) is -0.894. The lowest BCUT2D eigenvalue weighted by Gasteiger charge is -2.05. The van der Waals surface area contributed by atoms with Gasteiger partial charge in [-0.2, -0.15) is 0 Å². The zero-order chi connectivity index (χ0) is 19.1. The second kappa shape index (κ2) is 8.89. The number of ketones is 2. The van der Waals surface area contributed by atoms with Crippen molar-refractivity contribution < 1.29 is 30.0 Å². The minimum Gasteiger partial charge on any atom is -0.508 e. The molecule has 0 fully saturated rings. The number of rotatable bonds is 9. The molecule has 26 heavy (non-hydrogen) atoms. The molecular formula is C20H22O6. The fourth-order valence-corrected chi connectivity index (χ4v) is 2.73. The Morgan fingerprint density at radius 2 is 0.846 bits per heavy atom. The van der Waals surface area contributed by atoms with Crippen molar-refractivity contribution in [3.63, 3.8) is 0 Å². The molecule has 6 heteroatoms. The van der Waals surface area contributed by atoms with Crippen molar-refractivity contribution in [2.45, 2.75) is 38.5 Å². The largest absolute Gasteiger partial charge is 0.508 e. The summed E-state index contributed by atoms with van der Waals surface area (Å²) in [6, 6.07) is 7.63. The number of unbranched alkanes of at least 4 members (excludes halogenated alkanes) is 3. The number of hydrogen-bond acceptors (Lipinski definition) is 6. The molecule has 0 radical (unpaired) electrons. The van der Waals surface area contributed by atoms with Gasteiger partial charge in [-0.3, -0.25) is 9.59 Å². The topological polar surface area (TPSA) is 115 Å². The van der Waals surface area contributed by atoms with Gasteiger partial charge < -0.3 is 20.4 Å². The normalized spacial score (nSPS) is 10.6. The van der Waals surface area contributed by atoms with Crippen molar-refractivity contribution in [1.82, 2.24) is 0 Å². The second-order valence-corrected chi connectivity index (χ2v) is 6.24. The third kappa shape index (κ3) is 5.81. The molecule has 0 aliphatic carbocycles. The maximum atomic E-state index is 12.0. The van der Waals surface area contributed by atoms with Gasteiger partial charge in [0.2, 0.25) is 0 Å². The summed E-state index contributed by atoms with van der Waals surface area (Å²) in [5.41, 5.74) is 0.558. The second-order valence-electron chi connectivity index (χ2n) is 6.24. The van der Waals surface area contributed by atoms with E-state index < -0.39 is 0 Å². The Morgan fingerprint density at radius 1 is 0.538 bits per heavy atom. The molecule has 0 spiro atoms. The number of hydrogen-bond donors (Lipinski definition) is 4. The number of benzene rings is 2. The maximum absolute atomic E-state index is 12.0. The lowest BCUT2D eigenvalue weighted by atomic mass is 10.0. The van der Waals surface area contributed by atoms with Crippen molar-refractivity contribution >= 4 is 11.6 Å². The summed E-state index contributed by atoms with van der Waals surface area (Å²) < 4.78 is 0. The zero-order valence-corrected chi connectivity index (χ0v) is 14.3. The van der Waals surface area contributed by atoms with E-state index in [9.17, 15) is 30.0 Å². The Labute approximate surface area is 151 Å². The van der Waals surface area contributed by atoms with E-state index in [0.29, 0.717) is 25.7 Å². The van der Waals surface area contributed by atoms with Crippen LogP contribution in [-0.4, -0.2) is 32.0 Å². The predicted molar refractivity (Wildman–Crippen MR) is 95.9 cm³/mol. The van der Waals surface area contributed by atoms with Crippen LogP contribution >= 0.6 is 0 Å². The molecule has 2 aromatic carbocycles. The SMILES string of the molecule is O=C(CCCCCCC(=O)c1cc(O)cc(O)c1)c1cc(O)cc(O)c1. The van der Waals surface area contributed by atoms with E-state index in [4.69, 9.17) is 0 Å². The average molecular weight is 358 g/mol. The molecule has 0 aliphatic rings. The molecule has 0 saturated heterocycles. The number of carbonyl (C=O) groups is 2. The highest BCUT2D eigenvalue weighted by atomic mass is 16.3. The highest BCUT2D eigenvalue weighted by Gasteiger charge is 2.10. The number of phenols is 4. The first-order valence-electron chi connectivity index (χ1n) is 8.47. The lowest BCUT2D eigenvalue weighted by molar-refractivity contribution is 0.0965. The Hall–Kier alpha value is -3.02. The van der Waals surface area contributed by atoms with Gasteiger partial charge in [0.1, 0.15) is 23.0 Å². The van der Waals surface area contributed by atoms with E-state index in [-0.39, 0.29) is 45.7 Å². The number of aromatic hydroxyl groups is 4. The van der Waals surface area contributed by atoms with E-state index in [0.717, 1.165) is 12.8 Å². The molecule has 0 unspecified atom stereocenters. The molecule has 4 N–H and O–H groups in total. The first kappa shape index (κ1) is 19.3. The molecule has 138 valence electrons. The van der Waals surface area contributed by atoms with Gasteiger partial charge in [0.25, 0.3) is 0 Å². The Bertz CT molecular complexity index is 689. The van der Waals surface area contributed by atoms with Gasteiger partial charge in [-0.25, -0.2) is 0 Å². The molecule has 0 saturated carbocycles. The number of carbonyl (C=O) groups excluding carboxylic acids is 2. The minimum atomic E-state index is -0.150. The van der Waals surface area contributed by atoms with Crippen LogP contribution in [0.1, 0.15) is 59.2 Å². The van der Waals surface area contributed by atoms with Gasteiger partial charge in [0.15, 0.2) is 11.6 Å². The smallest absolute Gasteiger partial charge is 0.163 e. The highest BCUT2D eigenvalue weighted by Crippen LogP contribution is 2.23. The van der Waals surface area contributed by atoms with Crippen LogP contribution in [0.4, 0.5) is 0 Å². The van der Waals surface area contributed by atoms with Crippen molar-refractivity contribution in [2.75, 3.05) is 0 Å². The summed E-state index contributed by atoms with van der Waals surface area (Å²) in [4.78, 5) is 24.0. The maximum Gasteiger partial charge on any atom is 0.163 e. The standard InChI is InChI=1S/C20H22O6/c21-15-7-13(8-16(22)11-15)19(25)5-3-1-2-4-6-20(26)14-9-17(23)12-18(24)10-14/h7-12,21-24H,1-6H2. The fraction of sp³-hybridized carbons (Fsp3) is 0.300. The van der Waals surface area contributed by atoms with Crippen LogP contribution in [0.3, 0.4) is 0 Å². The number of phenolic OH excluding ortho intramolecular Hbond substituents is 4. The minimum absolute atomic E-state index is 0.148. The van der Waals surface area contributed by atoms with Gasteiger partial charge in [-0.1, -0.05) is 12.8 Å². The van der Waals surface area contributed by atoms with Gasteiger partial charge in [-0.15, -0.1) is 0 Å². The fourth-order valence-electron chi connectivity index (χ4n) is 2.73.